The highest BCUT2D eigenvalue weighted by Gasteiger charge is 2.46. The zero-order valence-electron chi connectivity index (χ0n) is 14.9. The fraction of sp³-hybridized carbons (Fsp3) is 1.00. The summed E-state index contributed by atoms with van der Waals surface area (Å²) in [5, 5.41) is 0. The Bertz CT molecular complexity index is 212. The maximum atomic E-state index is 6.06. The highest BCUT2D eigenvalue weighted by atomic mass is 32.1. The van der Waals surface area contributed by atoms with E-state index in [0.717, 1.165) is 23.9 Å². The lowest BCUT2D eigenvalue weighted by Crippen LogP contribution is -2.50. The molecule has 0 heterocycles. The van der Waals surface area contributed by atoms with Gasteiger partial charge in [0.25, 0.3) is 0 Å². The van der Waals surface area contributed by atoms with Crippen LogP contribution < -0.4 is 0 Å². The summed E-state index contributed by atoms with van der Waals surface area (Å²) in [7, 11) is -4.92. The Morgan fingerprint density at radius 2 is 1.00 bits per heavy atom. The summed E-state index contributed by atoms with van der Waals surface area (Å²) >= 11 is 4.38. The van der Waals surface area contributed by atoms with Crippen LogP contribution in [0, 0.1) is 0 Å². The lowest BCUT2D eigenvalue weighted by atomic mass is 10.9. The monoisotopic (exact) mass is 370 g/mol. The molecule has 0 atom stereocenters. The van der Waals surface area contributed by atoms with Crippen molar-refractivity contribution in [3.8, 4) is 0 Å². The van der Waals surface area contributed by atoms with E-state index in [0.29, 0.717) is 33.0 Å². The SMILES string of the molecule is CCO[Si](CCS)(CC[Si](OCC)(OCC)OCC)OCC. The van der Waals surface area contributed by atoms with Crippen molar-refractivity contribution in [1.82, 2.24) is 0 Å². The quantitative estimate of drug-likeness (QED) is 0.353. The Hall–Kier alpha value is 0.584. The minimum atomic E-state index is -2.64. The Morgan fingerprint density at radius 1 is 0.591 bits per heavy atom. The minimum Gasteiger partial charge on any atom is -0.394 e. The van der Waals surface area contributed by atoms with E-state index in [2.05, 4.69) is 12.6 Å². The molecule has 0 unspecified atom stereocenters. The van der Waals surface area contributed by atoms with Gasteiger partial charge in [-0.05, 0) is 52.5 Å². The van der Waals surface area contributed by atoms with Crippen molar-refractivity contribution in [2.45, 2.75) is 52.8 Å². The molecule has 8 heteroatoms. The highest BCUT2D eigenvalue weighted by Crippen LogP contribution is 2.28. The van der Waals surface area contributed by atoms with Crippen LogP contribution in [0.25, 0.3) is 0 Å². The van der Waals surface area contributed by atoms with Crippen LogP contribution >= 0.6 is 12.6 Å². The van der Waals surface area contributed by atoms with Crippen molar-refractivity contribution in [2.24, 2.45) is 0 Å². The zero-order valence-corrected chi connectivity index (χ0v) is 17.7. The van der Waals surface area contributed by atoms with Crippen LogP contribution in [0.1, 0.15) is 34.6 Å². The van der Waals surface area contributed by atoms with Crippen molar-refractivity contribution in [1.29, 1.82) is 0 Å². The van der Waals surface area contributed by atoms with Gasteiger partial charge < -0.3 is 22.1 Å². The topological polar surface area (TPSA) is 46.2 Å². The molecule has 0 spiro atoms. The van der Waals surface area contributed by atoms with E-state index in [1.807, 2.05) is 34.6 Å². The molecule has 0 saturated heterocycles. The van der Waals surface area contributed by atoms with Crippen molar-refractivity contribution >= 4 is 30.0 Å². The summed E-state index contributed by atoms with van der Waals surface area (Å²) in [6.45, 7) is 13.0. The molecule has 0 fully saturated rings. The smallest absolute Gasteiger partial charge is 0.394 e. The van der Waals surface area contributed by atoms with Gasteiger partial charge in [0.15, 0.2) is 0 Å². The van der Waals surface area contributed by atoms with Crippen LogP contribution in [-0.2, 0) is 22.1 Å². The minimum absolute atomic E-state index is 0.594. The third-order valence-corrected chi connectivity index (χ3v) is 11.1. The number of thiol groups is 1. The molecule has 22 heavy (non-hydrogen) atoms. The van der Waals surface area contributed by atoms with Gasteiger partial charge in [-0.15, -0.1) is 0 Å². The summed E-state index contributed by atoms with van der Waals surface area (Å²) in [5.41, 5.74) is 0. The van der Waals surface area contributed by atoms with Crippen LogP contribution in [0.2, 0.25) is 18.1 Å². The van der Waals surface area contributed by atoms with Gasteiger partial charge in [-0.3, -0.25) is 0 Å². The maximum absolute atomic E-state index is 6.06. The molecule has 0 rings (SSSR count). The van der Waals surface area contributed by atoms with Crippen LogP contribution in [-0.4, -0.2) is 56.2 Å². The van der Waals surface area contributed by atoms with E-state index in [4.69, 9.17) is 22.1 Å². The molecule has 0 saturated carbocycles. The van der Waals surface area contributed by atoms with Gasteiger partial charge in [-0.25, -0.2) is 0 Å². The third-order valence-electron chi connectivity index (χ3n) is 3.21. The fourth-order valence-corrected chi connectivity index (χ4v) is 10.6. The predicted molar refractivity (Wildman–Crippen MR) is 97.9 cm³/mol. The Kier molecular flexibility index (Phi) is 13.3. The van der Waals surface area contributed by atoms with Crippen LogP contribution in [0.5, 0.6) is 0 Å². The largest absolute Gasteiger partial charge is 0.500 e. The number of hydrogen-bond acceptors (Lipinski definition) is 6. The standard InChI is InChI=1S/C14H34O5SSi2/c1-6-15-21(12-11-20,16-7-2)13-14-22(17-8-3,18-9-4)19-10-5/h20H,6-14H2,1-5H3. The lowest BCUT2D eigenvalue weighted by molar-refractivity contribution is 0.0711. The van der Waals surface area contributed by atoms with Gasteiger partial charge in [-0.1, -0.05) is 0 Å². The Labute approximate surface area is 144 Å². The van der Waals surface area contributed by atoms with E-state index in [1.165, 1.54) is 0 Å². The van der Waals surface area contributed by atoms with E-state index >= 15 is 0 Å². The first-order valence-corrected chi connectivity index (χ1v) is 13.2. The van der Waals surface area contributed by atoms with E-state index < -0.39 is 17.4 Å². The molecule has 0 aliphatic heterocycles. The van der Waals surface area contributed by atoms with Crippen molar-refractivity contribution < 1.29 is 22.1 Å². The molecule has 0 aromatic carbocycles. The molecule has 0 amide bonds. The predicted octanol–water partition coefficient (Wildman–Crippen LogP) is 3.48. The van der Waals surface area contributed by atoms with E-state index in [9.17, 15) is 0 Å². The summed E-state index contributed by atoms with van der Waals surface area (Å²) in [5.74, 6) is 0.763. The summed E-state index contributed by atoms with van der Waals surface area (Å²) in [6, 6.07) is 2.43. The summed E-state index contributed by atoms with van der Waals surface area (Å²) < 4.78 is 29.9. The second kappa shape index (κ2) is 12.9. The average molecular weight is 371 g/mol. The summed E-state index contributed by atoms with van der Waals surface area (Å²) in [4.78, 5) is 0. The molecular weight excluding hydrogens is 336 g/mol. The van der Waals surface area contributed by atoms with Gasteiger partial charge in [0.2, 0.25) is 0 Å². The Balaban J connectivity index is 5.04. The normalized spacial score (nSPS) is 12.8. The molecule has 134 valence electrons. The molecule has 0 bridgehead atoms. The van der Waals surface area contributed by atoms with Gasteiger partial charge in [0, 0.05) is 39.1 Å². The molecule has 0 radical (unpaired) electrons. The van der Waals surface area contributed by atoms with E-state index in [-0.39, 0.29) is 0 Å². The van der Waals surface area contributed by atoms with Gasteiger partial charge in [0.05, 0.1) is 0 Å². The number of rotatable bonds is 15. The van der Waals surface area contributed by atoms with Crippen LogP contribution in [0.4, 0.5) is 0 Å². The van der Waals surface area contributed by atoms with Crippen molar-refractivity contribution in [3.05, 3.63) is 0 Å². The first kappa shape index (κ1) is 22.6. The van der Waals surface area contributed by atoms with Gasteiger partial charge >= 0.3 is 17.4 Å². The second-order valence-corrected chi connectivity index (χ2v) is 11.3. The summed E-state index contributed by atoms with van der Waals surface area (Å²) in [6.07, 6.45) is 0. The van der Waals surface area contributed by atoms with Gasteiger partial charge in [-0.2, -0.15) is 12.6 Å². The first-order valence-electron chi connectivity index (χ1n) is 8.38. The average Bonchev–Trinajstić information content (AvgIpc) is 2.47. The Morgan fingerprint density at radius 3 is 1.32 bits per heavy atom. The lowest BCUT2D eigenvalue weighted by Gasteiger charge is -2.34. The van der Waals surface area contributed by atoms with Crippen LogP contribution in [0.3, 0.4) is 0 Å². The third kappa shape index (κ3) is 7.91. The molecular formula is C14H34O5SSi2. The molecule has 0 aromatic rings. The van der Waals surface area contributed by atoms with Crippen molar-refractivity contribution in [2.75, 3.05) is 38.8 Å². The molecule has 0 aliphatic rings. The molecule has 0 aromatic heterocycles. The molecule has 0 N–H and O–H groups in total. The fourth-order valence-electron chi connectivity index (χ4n) is 2.50. The molecule has 5 nitrogen and oxygen atoms in total. The second-order valence-electron chi connectivity index (χ2n) is 4.73. The first-order chi connectivity index (χ1) is 10.6. The van der Waals surface area contributed by atoms with Gasteiger partial charge in [0.1, 0.15) is 0 Å². The van der Waals surface area contributed by atoms with E-state index in [1.54, 1.807) is 0 Å². The maximum Gasteiger partial charge on any atom is 0.500 e. The molecule has 0 aliphatic carbocycles. The van der Waals surface area contributed by atoms with Crippen molar-refractivity contribution in [3.63, 3.8) is 0 Å². The van der Waals surface area contributed by atoms with Crippen LogP contribution in [0.15, 0.2) is 0 Å². The zero-order chi connectivity index (χ0) is 16.9. The highest BCUT2D eigenvalue weighted by molar-refractivity contribution is 7.80. The number of hydrogen-bond donors (Lipinski definition) is 1.